The maximum absolute atomic E-state index is 3.61. The molecule has 0 unspecified atom stereocenters. The fourth-order valence-electron chi connectivity index (χ4n) is 0.235. The monoisotopic (exact) mass is 225 g/mol. The predicted octanol–water partition coefficient (Wildman–Crippen LogP) is 1.90. The van der Waals surface area contributed by atoms with Gasteiger partial charge in [-0.1, -0.05) is 0 Å². The van der Waals surface area contributed by atoms with Crippen LogP contribution in [0.25, 0.3) is 0 Å². The molecule has 0 aromatic rings. The molecule has 0 atom stereocenters. The van der Waals surface area contributed by atoms with Crippen LogP contribution in [0.4, 0.5) is 0 Å². The molecule has 2 heteroatoms. The summed E-state index contributed by atoms with van der Waals surface area (Å²) in [5.74, 6) is 0. The van der Waals surface area contributed by atoms with E-state index in [-0.39, 0.29) is 17.1 Å². The number of rotatable bonds is 4. The largest absolute Gasteiger partial charge is 0 e. The topological polar surface area (TPSA) is 0 Å². The third-order valence-electron chi connectivity index (χ3n) is 0.471. The molecule has 0 aromatic heterocycles. The van der Waals surface area contributed by atoms with Crippen LogP contribution in [0.1, 0.15) is 0 Å². The minimum absolute atomic E-state index is 0. The zero-order chi connectivity index (χ0) is 5.54. The van der Waals surface area contributed by atoms with E-state index in [1.807, 2.05) is 12.2 Å². The summed E-state index contributed by atoms with van der Waals surface area (Å²) < 4.78 is 0. The molecule has 0 saturated carbocycles. The third-order valence-corrected chi connectivity index (χ3v) is 2.45. The van der Waals surface area contributed by atoms with Crippen molar-refractivity contribution in [1.29, 1.82) is 0 Å². The molecule has 0 aromatic carbocycles. The van der Waals surface area contributed by atoms with Crippen LogP contribution in [0.5, 0.6) is 0 Å². The molecule has 51 valence electrons. The van der Waals surface area contributed by atoms with Gasteiger partial charge in [0, 0.05) is 17.1 Å². The van der Waals surface area contributed by atoms with Crippen LogP contribution in [0.2, 0.25) is 10.6 Å². The molecule has 0 nitrogen and oxygen atoms in total. The van der Waals surface area contributed by atoms with Gasteiger partial charge in [0.15, 0.2) is 0 Å². The van der Waals surface area contributed by atoms with E-state index in [9.17, 15) is 0 Å². The Bertz CT molecular complexity index is 53.5. The SMILES string of the molecule is C=CC[Se]CC=C.[Cu]. The Morgan fingerprint density at radius 1 is 1.12 bits per heavy atom. The fourth-order valence-corrected chi connectivity index (χ4v) is 1.22. The third kappa shape index (κ3) is 9.72. The molecular weight excluding hydrogens is 215 g/mol. The molecule has 0 fully saturated rings. The predicted molar refractivity (Wildman–Crippen MR) is 35.8 cm³/mol. The molecule has 8 heavy (non-hydrogen) atoms. The van der Waals surface area contributed by atoms with Crippen molar-refractivity contribution in [2.75, 3.05) is 0 Å². The molecule has 0 aliphatic carbocycles. The van der Waals surface area contributed by atoms with E-state index >= 15 is 0 Å². The van der Waals surface area contributed by atoms with Crippen molar-refractivity contribution in [3.63, 3.8) is 0 Å². The van der Waals surface area contributed by atoms with Gasteiger partial charge in [0.25, 0.3) is 0 Å². The summed E-state index contributed by atoms with van der Waals surface area (Å²) in [5.41, 5.74) is 0. The second-order valence-electron chi connectivity index (χ2n) is 1.11. The molecule has 0 heterocycles. The van der Waals surface area contributed by atoms with Crippen molar-refractivity contribution in [3.05, 3.63) is 25.3 Å². The Kier molecular flexibility index (Phi) is 14.9. The minimum Gasteiger partial charge on any atom is 0 e. The Balaban J connectivity index is 0. The first-order chi connectivity index (χ1) is 3.41. The minimum atomic E-state index is 0. The first kappa shape index (κ1) is 11.3. The van der Waals surface area contributed by atoms with Crippen molar-refractivity contribution in [1.82, 2.24) is 0 Å². The van der Waals surface area contributed by atoms with Gasteiger partial charge in [-0.05, 0) is 0 Å². The van der Waals surface area contributed by atoms with Crippen LogP contribution >= 0.6 is 0 Å². The number of hydrogen-bond donors (Lipinski definition) is 0. The van der Waals surface area contributed by atoms with Gasteiger partial charge in [0.1, 0.15) is 0 Å². The standard InChI is InChI=1S/C6H10Se.Cu/c1-3-5-7-6-4-2;/h3-4H,1-2,5-6H2;. The van der Waals surface area contributed by atoms with Gasteiger partial charge < -0.3 is 0 Å². The molecule has 0 saturated heterocycles. The Morgan fingerprint density at radius 3 is 1.75 bits per heavy atom. The van der Waals surface area contributed by atoms with E-state index < -0.39 is 0 Å². The molecule has 0 spiro atoms. The number of hydrogen-bond acceptors (Lipinski definition) is 0. The maximum Gasteiger partial charge on any atom is 0 e. The number of allylic oxidation sites excluding steroid dienone is 2. The molecule has 0 rings (SSSR count). The molecule has 0 aliphatic heterocycles. The van der Waals surface area contributed by atoms with Crippen LogP contribution in [-0.4, -0.2) is 15.0 Å². The summed E-state index contributed by atoms with van der Waals surface area (Å²) in [5, 5.41) is 2.36. The van der Waals surface area contributed by atoms with Crippen molar-refractivity contribution in [3.8, 4) is 0 Å². The Hall–Kier alpha value is 0.519. The van der Waals surface area contributed by atoms with E-state index in [0.29, 0.717) is 0 Å². The molecule has 0 aliphatic rings. The van der Waals surface area contributed by atoms with E-state index in [1.54, 1.807) is 0 Å². The van der Waals surface area contributed by atoms with Gasteiger partial charge in [0.2, 0.25) is 0 Å². The summed E-state index contributed by atoms with van der Waals surface area (Å²) >= 11 is 0.740. The summed E-state index contributed by atoms with van der Waals surface area (Å²) in [6.45, 7) is 7.23. The van der Waals surface area contributed by atoms with Crippen LogP contribution in [-0.2, 0) is 17.1 Å². The van der Waals surface area contributed by atoms with E-state index in [0.717, 1.165) is 15.0 Å². The van der Waals surface area contributed by atoms with Crippen molar-refractivity contribution in [2.45, 2.75) is 10.6 Å². The van der Waals surface area contributed by atoms with Gasteiger partial charge >= 0.3 is 50.9 Å². The first-order valence-electron chi connectivity index (χ1n) is 2.21. The van der Waals surface area contributed by atoms with Gasteiger partial charge in [-0.3, -0.25) is 0 Å². The zero-order valence-electron chi connectivity index (χ0n) is 4.69. The zero-order valence-corrected chi connectivity index (χ0v) is 7.35. The Morgan fingerprint density at radius 2 is 1.50 bits per heavy atom. The van der Waals surface area contributed by atoms with Crippen LogP contribution in [0.15, 0.2) is 25.3 Å². The van der Waals surface area contributed by atoms with Gasteiger partial charge in [0.05, 0.1) is 0 Å². The van der Waals surface area contributed by atoms with Crippen molar-refractivity contribution in [2.24, 2.45) is 0 Å². The maximum atomic E-state index is 3.61. The second kappa shape index (κ2) is 10.5. The second-order valence-corrected chi connectivity index (χ2v) is 3.37. The van der Waals surface area contributed by atoms with E-state index in [1.165, 1.54) is 10.6 Å². The average Bonchev–Trinajstić information content (AvgIpc) is 1.69. The van der Waals surface area contributed by atoms with Crippen molar-refractivity contribution < 1.29 is 17.1 Å². The fraction of sp³-hybridized carbons (Fsp3) is 0.333. The van der Waals surface area contributed by atoms with E-state index in [2.05, 4.69) is 13.2 Å². The summed E-state index contributed by atoms with van der Waals surface area (Å²) in [6.07, 6.45) is 3.92. The van der Waals surface area contributed by atoms with Gasteiger partial charge in [-0.2, -0.15) is 0 Å². The van der Waals surface area contributed by atoms with Crippen LogP contribution in [0.3, 0.4) is 0 Å². The molecule has 1 radical (unpaired) electrons. The van der Waals surface area contributed by atoms with Gasteiger partial charge in [-0.25, -0.2) is 0 Å². The van der Waals surface area contributed by atoms with Gasteiger partial charge in [-0.15, -0.1) is 0 Å². The molecule has 0 N–H and O–H groups in total. The molecule has 0 amide bonds. The average molecular weight is 225 g/mol. The summed E-state index contributed by atoms with van der Waals surface area (Å²) in [7, 11) is 0. The van der Waals surface area contributed by atoms with Crippen LogP contribution in [0, 0.1) is 0 Å². The molecular formula is C6H10CuSe. The normalized spacial score (nSPS) is 7.00. The summed E-state index contributed by atoms with van der Waals surface area (Å²) in [6, 6.07) is 0. The molecule has 0 bridgehead atoms. The van der Waals surface area contributed by atoms with E-state index in [4.69, 9.17) is 0 Å². The smallest absolute Gasteiger partial charge is 0 e. The quantitative estimate of drug-likeness (QED) is 0.389. The summed E-state index contributed by atoms with van der Waals surface area (Å²) in [4.78, 5) is 0. The Labute approximate surface area is 68.1 Å². The first-order valence-corrected chi connectivity index (χ1v) is 4.63. The van der Waals surface area contributed by atoms with Crippen molar-refractivity contribution >= 4 is 15.0 Å². The van der Waals surface area contributed by atoms with Crippen LogP contribution < -0.4 is 0 Å².